The van der Waals surface area contributed by atoms with Crippen molar-refractivity contribution in [3.05, 3.63) is 34.9 Å². The van der Waals surface area contributed by atoms with Crippen LogP contribution in [0.25, 0.3) is 0 Å². The van der Waals surface area contributed by atoms with Crippen LogP contribution in [-0.4, -0.2) is 24.7 Å². The van der Waals surface area contributed by atoms with E-state index in [9.17, 15) is 33.8 Å². The van der Waals surface area contributed by atoms with Gasteiger partial charge in [0, 0.05) is 18.7 Å². The molecule has 1 aromatic rings. The van der Waals surface area contributed by atoms with Gasteiger partial charge in [0.2, 0.25) is 0 Å². The van der Waals surface area contributed by atoms with Crippen molar-refractivity contribution in [1.82, 2.24) is 5.32 Å². The minimum absolute atomic E-state index is 0.174. The third kappa shape index (κ3) is 2.20. The summed E-state index contributed by atoms with van der Waals surface area (Å²) in [6.45, 7) is 0.579. The minimum Gasteiger partial charge on any atom is -0.364 e. The molecule has 0 fully saturated rings. The third-order valence-electron chi connectivity index (χ3n) is 3.06. The van der Waals surface area contributed by atoms with Crippen molar-refractivity contribution >= 4 is 15.2 Å². The number of aliphatic hydroxyl groups is 1. The largest absolute Gasteiger partial charge is 0.374 e. The van der Waals surface area contributed by atoms with Gasteiger partial charge in [0.05, 0.1) is 0 Å². The van der Waals surface area contributed by atoms with Crippen molar-refractivity contribution in [3.63, 3.8) is 0 Å². The van der Waals surface area contributed by atoms with E-state index in [1.807, 2.05) is 0 Å². The first-order chi connectivity index (χ1) is 8.59. The van der Waals surface area contributed by atoms with Crippen LogP contribution < -0.4 is 5.32 Å². The van der Waals surface area contributed by atoms with Gasteiger partial charge in [-0.3, -0.25) is 9.13 Å². The maximum absolute atomic E-state index is 11.4. The standard InChI is InChI=1S/C9H13NO7P2/c11-9(18(12,13)14,19(15,16)17)8-3-1-2-6-4-10-5-7(6)8/h1-3,10-11H,4-5H2,(H2,12,13,14)(H2,15,16,17). The lowest BCUT2D eigenvalue weighted by atomic mass is 10.0. The minimum atomic E-state index is -5.50. The highest BCUT2D eigenvalue weighted by Gasteiger charge is 2.61. The molecule has 0 spiro atoms. The van der Waals surface area contributed by atoms with E-state index in [2.05, 4.69) is 5.32 Å². The van der Waals surface area contributed by atoms with Crippen molar-refractivity contribution in [1.29, 1.82) is 0 Å². The fourth-order valence-electron chi connectivity index (χ4n) is 2.13. The first-order valence-corrected chi connectivity index (χ1v) is 8.47. The second kappa shape index (κ2) is 4.48. The Morgan fingerprint density at radius 2 is 1.63 bits per heavy atom. The summed E-state index contributed by atoms with van der Waals surface area (Å²) >= 11 is 0. The molecule has 10 heteroatoms. The molecular formula is C9H13NO7P2. The molecule has 2 rings (SSSR count). The van der Waals surface area contributed by atoms with Crippen LogP contribution in [0.2, 0.25) is 0 Å². The normalized spacial score (nSPS) is 16.5. The number of benzene rings is 1. The van der Waals surface area contributed by atoms with Crippen LogP contribution in [0.5, 0.6) is 0 Å². The summed E-state index contributed by atoms with van der Waals surface area (Å²) in [6, 6.07) is 4.15. The molecule has 0 bridgehead atoms. The summed E-state index contributed by atoms with van der Waals surface area (Å²) in [4.78, 5) is 36.8. The zero-order valence-electron chi connectivity index (χ0n) is 9.59. The second-order valence-electron chi connectivity index (χ2n) is 4.27. The molecule has 0 unspecified atom stereocenters. The Kier molecular flexibility index (Phi) is 3.50. The molecular weight excluding hydrogens is 296 g/mol. The van der Waals surface area contributed by atoms with Gasteiger partial charge in [0.1, 0.15) is 0 Å². The Balaban J connectivity index is 2.76. The number of fused-ring (bicyclic) bond motifs is 1. The molecule has 0 atom stereocenters. The van der Waals surface area contributed by atoms with E-state index in [-0.39, 0.29) is 6.54 Å². The molecule has 106 valence electrons. The van der Waals surface area contributed by atoms with Crippen LogP contribution in [0.3, 0.4) is 0 Å². The Hall–Kier alpha value is -0.560. The molecule has 0 aliphatic carbocycles. The van der Waals surface area contributed by atoms with Crippen molar-refractivity contribution < 1.29 is 33.8 Å². The van der Waals surface area contributed by atoms with E-state index in [1.54, 1.807) is 6.07 Å². The third-order valence-corrected chi connectivity index (χ3v) is 6.73. The summed E-state index contributed by atoms with van der Waals surface area (Å²) in [5.41, 5.74) is 0.506. The predicted octanol–water partition coefficient (Wildman–Crippen LogP) is -0.252. The van der Waals surface area contributed by atoms with Gasteiger partial charge in [-0.1, -0.05) is 18.2 Å². The van der Waals surface area contributed by atoms with Crippen LogP contribution in [0.4, 0.5) is 0 Å². The van der Waals surface area contributed by atoms with Crippen molar-refractivity contribution in [3.8, 4) is 0 Å². The first kappa shape index (κ1) is 14.8. The zero-order chi connectivity index (χ0) is 14.5. The molecule has 1 aromatic carbocycles. The highest BCUT2D eigenvalue weighted by molar-refractivity contribution is 7.71. The fourth-order valence-corrected chi connectivity index (χ4v) is 4.53. The number of rotatable bonds is 3. The van der Waals surface area contributed by atoms with Crippen LogP contribution >= 0.6 is 15.2 Å². The van der Waals surface area contributed by atoms with Gasteiger partial charge in [0.15, 0.2) is 0 Å². The summed E-state index contributed by atoms with van der Waals surface area (Å²) in [5.74, 6) is 0. The van der Waals surface area contributed by atoms with Crippen LogP contribution in [0, 0.1) is 0 Å². The molecule has 0 amide bonds. The van der Waals surface area contributed by atoms with Gasteiger partial charge in [-0.25, -0.2) is 0 Å². The summed E-state index contributed by atoms with van der Waals surface area (Å²) in [7, 11) is -11.0. The van der Waals surface area contributed by atoms with Gasteiger partial charge in [0.25, 0.3) is 5.08 Å². The highest BCUT2D eigenvalue weighted by Crippen LogP contribution is 2.73. The molecule has 0 saturated heterocycles. The number of nitrogens with one attached hydrogen (secondary N) is 1. The molecule has 19 heavy (non-hydrogen) atoms. The molecule has 1 aliphatic heterocycles. The van der Waals surface area contributed by atoms with Gasteiger partial charge in [-0.15, -0.1) is 0 Å². The quantitative estimate of drug-likeness (QED) is 0.419. The predicted molar refractivity (Wildman–Crippen MR) is 65.0 cm³/mol. The maximum atomic E-state index is 11.4. The fraction of sp³-hybridized carbons (Fsp3) is 0.333. The lowest BCUT2D eigenvalue weighted by Crippen LogP contribution is -2.27. The van der Waals surface area contributed by atoms with E-state index in [0.29, 0.717) is 17.7 Å². The first-order valence-electron chi connectivity index (χ1n) is 5.24. The Labute approximate surface area is 108 Å². The lowest BCUT2D eigenvalue weighted by molar-refractivity contribution is 0.130. The smallest absolute Gasteiger partial charge is 0.364 e. The van der Waals surface area contributed by atoms with E-state index in [1.165, 1.54) is 6.07 Å². The van der Waals surface area contributed by atoms with Crippen LogP contribution in [0.1, 0.15) is 16.7 Å². The lowest BCUT2D eigenvalue weighted by Gasteiger charge is -2.31. The highest BCUT2D eigenvalue weighted by atomic mass is 31.2. The zero-order valence-corrected chi connectivity index (χ0v) is 11.4. The van der Waals surface area contributed by atoms with Crippen molar-refractivity contribution in [2.24, 2.45) is 0 Å². The van der Waals surface area contributed by atoms with E-state index < -0.39 is 25.8 Å². The second-order valence-corrected chi connectivity index (χ2v) is 8.09. The molecule has 8 nitrogen and oxygen atoms in total. The molecule has 0 radical (unpaired) electrons. The Morgan fingerprint density at radius 1 is 1.05 bits per heavy atom. The average Bonchev–Trinajstić information content (AvgIpc) is 2.72. The Bertz CT molecular complexity index is 583. The van der Waals surface area contributed by atoms with Gasteiger partial charge < -0.3 is 30.0 Å². The molecule has 0 aromatic heterocycles. The maximum Gasteiger partial charge on any atom is 0.374 e. The average molecular weight is 309 g/mol. The van der Waals surface area contributed by atoms with Gasteiger partial charge in [-0.2, -0.15) is 0 Å². The number of hydrogen-bond donors (Lipinski definition) is 6. The van der Waals surface area contributed by atoms with Gasteiger partial charge in [-0.05, 0) is 11.1 Å². The monoisotopic (exact) mass is 309 g/mol. The molecule has 1 aliphatic rings. The number of hydrogen-bond acceptors (Lipinski definition) is 4. The van der Waals surface area contributed by atoms with E-state index in [0.717, 1.165) is 6.07 Å². The molecule has 1 heterocycles. The summed E-state index contributed by atoms with van der Waals surface area (Å²) < 4.78 is 22.9. The molecule has 0 saturated carbocycles. The topological polar surface area (TPSA) is 147 Å². The SMILES string of the molecule is O=P(O)(O)C(O)(c1cccc2c1CNC2)P(=O)(O)O. The molecule has 6 N–H and O–H groups in total. The summed E-state index contributed by atoms with van der Waals surface area (Å²) in [5, 5.41) is 9.44. The van der Waals surface area contributed by atoms with Gasteiger partial charge >= 0.3 is 15.2 Å². The summed E-state index contributed by atoms with van der Waals surface area (Å²) in [6.07, 6.45) is 0. The van der Waals surface area contributed by atoms with Crippen molar-refractivity contribution in [2.45, 2.75) is 18.2 Å². The van der Waals surface area contributed by atoms with Crippen LogP contribution in [-0.2, 0) is 27.3 Å². The van der Waals surface area contributed by atoms with Crippen LogP contribution in [0.15, 0.2) is 18.2 Å². The van der Waals surface area contributed by atoms with E-state index >= 15 is 0 Å². The van der Waals surface area contributed by atoms with E-state index in [4.69, 9.17) is 0 Å². The Morgan fingerprint density at radius 3 is 2.16 bits per heavy atom. The van der Waals surface area contributed by atoms with Crippen molar-refractivity contribution in [2.75, 3.05) is 0 Å².